The molecule has 0 fully saturated rings. The monoisotopic (exact) mass is 313 g/mol. The maximum Gasteiger partial charge on any atom is 0.265 e. The molecule has 0 spiro atoms. The van der Waals surface area contributed by atoms with Crippen LogP contribution >= 0.6 is 11.3 Å². The molecule has 7 nitrogen and oxygen atoms in total. The van der Waals surface area contributed by atoms with Gasteiger partial charge in [-0.05, 0) is 27.7 Å². The standard InChI is InChI=1S/C13H23N5O2S/c1-5-18(6-2)12-17-9(14)8(21-12)10(19)16-7-13(3,4)11(15)20/h5-7,14H2,1-4H3,(H2,15,20)(H,16,19). The number of primary amides is 1. The summed E-state index contributed by atoms with van der Waals surface area (Å²) in [5.74, 6) is -0.599. The van der Waals surface area contributed by atoms with Gasteiger partial charge in [-0.25, -0.2) is 4.98 Å². The van der Waals surface area contributed by atoms with Crippen molar-refractivity contribution in [3.05, 3.63) is 4.88 Å². The molecule has 0 aliphatic rings. The third-order valence-electron chi connectivity index (χ3n) is 3.24. The van der Waals surface area contributed by atoms with E-state index in [9.17, 15) is 9.59 Å². The van der Waals surface area contributed by atoms with E-state index in [0.29, 0.717) is 4.88 Å². The van der Waals surface area contributed by atoms with Gasteiger partial charge in [0.25, 0.3) is 5.91 Å². The molecule has 21 heavy (non-hydrogen) atoms. The summed E-state index contributed by atoms with van der Waals surface area (Å²) in [4.78, 5) is 30.0. The van der Waals surface area contributed by atoms with Crippen LogP contribution in [0, 0.1) is 5.41 Å². The second-order valence-corrected chi connectivity index (χ2v) is 6.29. The maximum atomic E-state index is 12.2. The SMILES string of the molecule is CCN(CC)c1nc(N)c(C(=O)NCC(C)(C)C(N)=O)s1. The van der Waals surface area contributed by atoms with Gasteiger partial charge in [-0.1, -0.05) is 11.3 Å². The number of nitrogens with zero attached hydrogens (tertiary/aromatic N) is 2. The van der Waals surface area contributed by atoms with Gasteiger partial charge >= 0.3 is 0 Å². The van der Waals surface area contributed by atoms with Crippen LogP contribution < -0.4 is 21.7 Å². The van der Waals surface area contributed by atoms with Crippen LogP contribution in [0.3, 0.4) is 0 Å². The first-order valence-electron chi connectivity index (χ1n) is 6.82. The Morgan fingerprint density at radius 3 is 2.38 bits per heavy atom. The van der Waals surface area contributed by atoms with Crippen molar-refractivity contribution in [3.63, 3.8) is 0 Å². The molecule has 0 atom stereocenters. The van der Waals surface area contributed by atoms with E-state index < -0.39 is 11.3 Å². The second-order valence-electron chi connectivity index (χ2n) is 5.31. The van der Waals surface area contributed by atoms with Crippen LogP contribution in [0.25, 0.3) is 0 Å². The number of carbonyl (C=O) groups is 2. The van der Waals surface area contributed by atoms with Crippen molar-refractivity contribution in [1.29, 1.82) is 0 Å². The highest BCUT2D eigenvalue weighted by atomic mass is 32.1. The Labute approximate surface area is 128 Å². The van der Waals surface area contributed by atoms with E-state index in [2.05, 4.69) is 10.3 Å². The van der Waals surface area contributed by atoms with Crippen molar-refractivity contribution in [2.45, 2.75) is 27.7 Å². The Kier molecular flexibility index (Phi) is 5.54. The van der Waals surface area contributed by atoms with E-state index >= 15 is 0 Å². The number of nitrogen functional groups attached to an aromatic ring is 1. The van der Waals surface area contributed by atoms with E-state index in [0.717, 1.165) is 18.2 Å². The molecule has 0 unspecified atom stereocenters. The number of hydrogen-bond acceptors (Lipinski definition) is 6. The lowest BCUT2D eigenvalue weighted by molar-refractivity contribution is -0.125. The van der Waals surface area contributed by atoms with Crippen LogP contribution in [0.2, 0.25) is 0 Å². The quantitative estimate of drug-likeness (QED) is 0.689. The molecule has 0 aliphatic carbocycles. The molecule has 0 bridgehead atoms. The smallest absolute Gasteiger partial charge is 0.265 e. The second kappa shape index (κ2) is 6.75. The Morgan fingerprint density at radius 2 is 1.90 bits per heavy atom. The number of thiazole rings is 1. The average Bonchev–Trinajstić information content (AvgIpc) is 2.79. The highest BCUT2D eigenvalue weighted by Gasteiger charge is 2.27. The zero-order valence-corrected chi connectivity index (χ0v) is 13.7. The highest BCUT2D eigenvalue weighted by molar-refractivity contribution is 7.18. The summed E-state index contributed by atoms with van der Waals surface area (Å²) in [6.45, 7) is 9.10. The molecule has 1 aromatic rings. The lowest BCUT2D eigenvalue weighted by Gasteiger charge is -2.20. The number of carbonyl (C=O) groups excluding carboxylic acids is 2. The van der Waals surface area contributed by atoms with Gasteiger partial charge in [0.1, 0.15) is 10.7 Å². The summed E-state index contributed by atoms with van der Waals surface area (Å²) in [6.07, 6.45) is 0. The van der Waals surface area contributed by atoms with Gasteiger partial charge in [0, 0.05) is 19.6 Å². The minimum atomic E-state index is -0.809. The minimum Gasteiger partial charge on any atom is -0.382 e. The largest absolute Gasteiger partial charge is 0.382 e. The molecule has 1 aromatic heterocycles. The van der Waals surface area contributed by atoms with E-state index in [1.807, 2.05) is 18.7 Å². The molecule has 5 N–H and O–H groups in total. The minimum absolute atomic E-state index is 0.152. The predicted molar refractivity (Wildman–Crippen MR) is 85.4 cm³/mol. The van der Waals surface area contributed by atoms with Crippen molar-refractivity contribution in [2.75, 3.05) is 30.3 Å². The zero-order chi connectivity index (χ0) is 16.2. The zero-order valence-electron chi connectivity index (χ0n) is 12.9. The number of aromatic nitrogens is 1. The van der Waals surface area contributed by atoms with Crippen molar-refractivity contribution in [3.8, 4) is 0 Å². The van der Waals surface area contributed by atoms with Crippen LogP contribution in [-0.2, 0) is 4.79 Å². The Bertz CT molecular complexity index is 523. The number of amides is 2. The summed E-state index contributed by atoms with van der Waals surface area (Å²) in [7, 11) is 0. The topological polar surface area (TPSA) is 114 Å². The van der Waals surface area contributed by atoms with Crippen molar-refractivity contribution >= 4 is 34.1 Å². The third kappa shape index (κ3) is 4.07. The lowest BCUT2D eigenvalue weighted by atomic mass is 9.93. The molecule has 1 heterocycles. The molecule has 0 saturated carbocycles. The van der Waals surface area contributed by atoms with Gasteiger partial charge in [0.05, 0.1) is 5.41 Å². The van der Waals surface area contributed by atoms with Gasteiger partial charge in [0.2, 0.25) is 5.91 Å². The summed E-state index contributed by atoms with van der Waals surface area (Å²) >= 11 is 1.25. The van der Waals surface area contributed by atoms with E-state index in [4.69, 9.17) is 11.5 Å². The fraction of sp³-hybridized carbons (Fsp3) is 0.615. The van der Waals surface area contributed by atoms with Crippen molar-refractivity contribution in [1.82, 2.24) is 10.3 Å². The predicted octanol–water partition coefficient (Wildman–Crippen LogP) is 0.813. The fourth-order valence-corrected chi connectivity index (χ4v) is 2.61. The van der Waals surface area contributed by atoms with Gasteiger partial charge in [-0.2, -0.15) is 0 Å². The first-order chi connectivity index (χ1) is 9.72. The molecular formula is C13H23N5O2S. The van der Waals surface area contributed by atoms with E-state index in [-0.39, 0.29) is 18.3 Å². The highest BCUT2D eigenvalue weighted by Crippen LogP contribution is 2.28. The number of rotatable bonds is 7. The summed E-state index contributed by atoms with van der Waals surface area (Å²) in [5, 5.41) is 3.40. The molecule has 0 radical (unpaired) electrons. The van der Waals surface area contributed by atoms with Crippen LogP contribution in [0.1, 0.15) is 37.4 Å². The van der Waals surface area contributed by atoms with Gasteiger partial charge in [-0.3, -0.25) is 9.59 Å². The number of hydrogen-bond donors (Lipinski definition) is 3. The molecule has 1 rings (SSSR count). The Morgan fingerprint density at radius 1 is 1.33 bits per heavy atom. The van der Waals surface area contributed by atoms with Crippen LogP contribution in [0.4, 0.5) is 10.9 Å². The maximum absolute atomic E-state index is 12.2. The van der Waals surface area contributed by atoms with Crippen LogP contribution in [0.15, 0.2) is 0 Å². The average molecular weight is 313 g/mol. The number of nitrogens with one attached hydrogen (secondary N) is 1. The molecule has 0 saturated heterocycles. The van der Waals surface area contributed by atoms with Gasteiger partial charge in [0.15, 0.2) is 5.13 Å². The Hall–Kier alpha value is -1.83. The van der Waals surface area contributed by atoms with Gasteiger partial charge < -0.3 is 21.7 Å². The fourth-order valence-electron chi connectivity index (χ4n) is 1.58. The molecule has 0 aromatic carbocycles. The molecule has 118 valence electrons. The lowest BCUT2D eigenvalue weighted by Crippen LogP contribution is -2.42. The van der Waals surface area contributed by atoms with Crippen LogP contribution in [-0.4, -0.2) is 36.4 Å². The summed E-state index contributed by atoms with van der Waals surface area (Å²) in [5.41, 5.74) is 10.3. The molecule has 8 heteroatoms. The number of nitrogens with two attached hydrogens (primary N) is 2. The van der Waals surface area contributed by atoms with Crippen molar-refractivity contribution in [2.24, 2.45) is 11.1 Å². The van der Waals surface area contributed by atoms with Crippen LogP contribution in [0.5, 0.6) is 0 Å². The van der Waals surface area contributed by atoms with E-state index in [1.165, 1.54) is 11.3 Å². The molecular weight excluding hydrogens is 290 g/mol. The van der Waals surface area contributed by atoms with Gasteiger partial charge in [-0.15, -0.1) is 0 Å². The van der Waals surface area contributed by atoms with Crippen molar-refractivity contribution < 1.29 is 9.59 Å². The first kappa shape index (κ1) is 17.2. The molecule has 2 amide bonds. The normalized spacial score (nSPS) is 11.2. The first-order valence-corrected chi connectivity index (χ1v) is 7.63. The molecule has 0 aliphatic heterocycles. The third-order valence-corrected chi connectivity index (χ3v) is 4.37. The summed E-state index contributed by atoms with van der Waals surface area (Å²) < 4.78 is 0. The number of anilines is 2. The Balaban J connectivity index is 2.82. The van der Waals surface area contributed by atoms with E-state index in [1.54, 1.807) is 13.8 Å². The summed E-state index contributed by atoms with van der Waals surface area (Å²) in [6, 6.07) is 0.